The fraction of sp³-hybridized carbons (Fsp3) is 0.545. The van der Waals surface area contributed by atoms with E-state index in [1.165, 1.54) is 0 Å². The highest BCUT2D eigenvalue weighted by Gasteiger charge is 2.38. The van der Waals surface area contributed by atoms with E-state index >= 15 is 0 Å². The van der Waals surface area contributed by atoms with Crippen molar-refractivity contribution in [3.8, 4) is 0 Å². The number of ketones is 1. The highest BCUT2D eigenvalue weighted by Crippen LogP contribution is 2.33. The van der Waals surface area contributed by atoms with Crippen LogP contribution < -0.4 is 5.73 Å². The standard InChI is InChI=1S/C11H17NO2/c1-2-10(14)9-5-3-4-6-11(9,7-12)8-13/h3-6,9,13H,2,7-8,12H2,1H3. The van der Waals surface area contributed by atoms with Crippen LogP contribution in [0, 0.1) is 11.3 Å². The van der Waals surface area contributed by atoms with Gasteiger partial charge in [-0.25, -0.2) is 0 Å². The van der Waals surface area contributed by atoms with Crippen molar-refractivity contribution in [1.29, 1.82) is 0 Å². The molecule has 0 aliphatic heterocycles. The van der Waals surface area contributed by atoms with E-state index in [-0.39, 0.29) is 18.3 Å². The van der Waals surface area contributed by atoms with Gasteiger partial charge in [0.1, 0.15) is 5.78 Å². The van der Waals surface area contributed by atoms with Crippen LogP contribution >= 0.6 is 0 Å². The number of hydrogen-bond donors (Lipinski definition) is 2. The number of hydrogen-bond acceptors (Lipinski definition) is 3. The van der Waals surface area contributed by atoms with Gasteiger partial charge in [-0.05, 0) is 0 Å². The maximum atomic E-state index is 11.6. The summed E-state index contributed by atoms with van der Waals surface area (Å²) >= 11 is 0. The number of nitrogens with two attached hydrogens (primary N) is 1. The number of carbonyl (C=O) groups excluding carboxylic acids is 1. The maximum absolute atomic E-state index is 11.6. The van der Waals surface area contributed by atoms with Gasteiger partial charge >= 0.3 is 0 Å². The lowest BCUT2D eigenvalue weighted by molar-refractivity contribution is -0.124. The minimum absolute atomic E-state index is 0.0826. The predicted octanol–water partition coefficient (Wildman–Crippen LogP) is 0.645. The second kappa shape index (κ2) is 4.53. The van der Waals surface area contributed by atoms with Crippen molar-refractivity contribution in [3.05, 3.63) is 24.3 Å². The maximum Gasteiger partial charge on any atom is 0.140 e. The van der Waals surface area contributed by atoms with Crippen LogP contribution in [0.5, 0.6) is 0 Å². The molecule has 0 aromatic rings. The number of carbonyl (C=O) groups is 1. The van der Waals surface area contributed by atoms with Gasteiger partial charge in [-0.15, -0.1) is 0 Å². The molecule has 78 valence electrons. The van der Waals surface area contributed by atoms with Crippen molar-refractivity contribution < 1.29 is 9.90 Å². The monoisotopic (exact) mass is 195 g/mol. The fourth-order valence-electron chi connectivity index (χ4n) is 1.78. The van der Waals surface area contributed by atoms with E-state index in [9.17, 15) is 9.90 Å². The SMILES string of the molecule is CCC(=O)C1C=CC=CC1(CN)CO. The first kappa shape index (κ1) is 11.1. The zero-order chi connectivity index (χ0) is 10.6. The summed E-state index contributed by atoms with van der Waals surface area (Å²) in [4.78, 5) is 11.6. The minimum Gasteiger partial charge on any atom is -0.395 e. The third kappa shape index (κ3) is 1.79. The second-order valence-electron chi connectivity index (χ2n) is 3.64. The number of allylic oxidation sites excluding steroid dienone is 3. The largest absolute Gasteiger partial charge is 0.395 e. The molecule has 0 radical (unpaired) electrons. The van der Waals surface area contributed by atoms with Crippen LogP contribution in [0.25, 0.3) is 0 Å². The first-order valence-corrected chi connectivity index (χ1v) is 4.90. The number of rotatable bonds is 4. The molecule has 2 atom stereocenters. The van der Waals surface area contributed by atoms with E-state index in [4.69, 9.17) is 5.73 Å². The van der Waals surface area contributed by atoms with Crippen molar-refractivity contribution in [3.63, 3.8) is 0 Å². The molecule has 1 aliphatic carbocycles. The quantitative estimate of drug-likeness (QED) is 0.692. The highest BCUT2D eigenvalue weighted by atomic mass is 16.3. The van der Waals surface area contributed by atoms with Gasteiger partial charge < -0.3 is 10.8 Å². The number of aliphatic hydroxyl groups excluding tert-OH is 1. The number of Topliss-reactive ketones (excluding diaryl/α,β-unsaturated/α-hetero) is 1. The van der Waals surface area contributed by atoms with Crippen molar-refractivity contribution in [2.24, 2.45) is 17.1 Å². The Balaban J connectivity index is 2.96. The third-order valence-corrected chi connectivity index (χ3v) is 2.83. The molecule has 0 amide bonds. The van der Waals surface area contributed by atoms with E-state index in [0.29, 0.717) is 13.0 Å². The smallest absolute Gasteiger partial charge is 0.140 e. The second-order valence-corrected chi connectivity index (χ2v) is 3.64. The van der Waals surface area contributed by atoms with Crippen LogP contribution in [-0.4, -0.2) is 24.0 Å². The molecule has 3 N–H and O–H groups in total. The van der Waals surface area contributed by atoms with E-state index in [2.05, 4.69) is 0 Å². The average molecular weight is 195 g/mol. The summed E-state index contributed by atoms with van der Waals surface area (Å²) in [5, 5.41) is 9.34. The van der Waals surface area contributed by atoms with Crippen LogP contribution in [0.3, 0.4) is 0 Å². The summed E-state index contributed by atoms with van der Waals surface area (Å²) < 4.78 is 0. The zero-order valence-corrected chi connectivity index (χ0v) is 8.44. The van der Waals surface area contributed by atoms with Gasteiger partial charge in [-0.1, -0.05) is 31.2 Å². The van der Waals surface area contributed by atoms with Crippen LogP contribution in [0.4, 0.5) is 0 Å². The molecule has 0 fully saturated rings. The van der Waals surface area contributed by atoms with Crippen molar-refractivity contribution >= 4 is 5.78 Å². The molecule has 14 heavy (non-hydrogen) atoms. The van der Waals surface area contributed by atoms with Gasteiger partial charge in [0.15, 0.2) is 0 Å². The van der Waals surface area contributed by atoms with Crippen LogP contribution in [-0.2, 0) is 4.79 Å². The molecule has 0 aromatic heterocycles. The van der Waals surface area contributed by atoms with E-state index in [1.54, 1.807) is 0 Å². The summed E-state index contributed by atoms with van der Waals surface area (Å²) in [6.45, 7) is 2.04. The lowest BCUT2D eigenvalue weighted by Gasteiger charge is -2.34. The fourth-order valence-corrected chi connectivity index (χ4v) is 1.78. The van der Waals surface area contributed by atoms with Crippen molar-refractivity contribution in [1.82, 2.24) is 0 Å². The summed E-state index contributed by atoms with van der Waals surface area (Å²) in [6.07, 6.45) is 7.81. The van der Waals surface area contributed by atoms with Gasteiger partial charge in [0.2, 0.25) is 0 Å². The van der Waals surface area contributed by atoms with Crippen molar-refractivity contribution in [2.75, 3.05) is 13.2 Å². The Morgan fingerprint density at radius 2 is 2.29 bits per heavy atom. The average Bonchev–Trinajstić information content (AvgIpc) is 2.27. The van der Waals surface area contributed by atoms with Crippen LogP contribution in [0.15, 0.2) is 24.3 Å². The van der Waals surface area contributed by atoms with Crippen LogP contribution in [0.2, 0.25) is 0 Å². The molecule has 3 nitrogen and oxygen atoms in total. The normalized spacial score (nSPS) is 30.6. The summed E-state index contributed by atoms with van der Waals surface area (Å²) in [5.74, 6) is -0.141. The lowest BCUT2D eigenvalue weighted by Crippen LogP contribution is -2.43. The van der Waals surface area contributed by atoms with Gasteiger partial charge in [-0.3, -0.25) is 4.79 Å². The molecule has 1 aliphatic rings. The molecular weight excluding hydrogens is 178 g/mol. The van der Waals surface area contributed by atoms with E-state index < -0.39 is 5.41 Å². The molecule has 0 aromatic carbocycles. The van der Waals surface area contributed by atoms with Crippen LogP contribution in [0.1, 0.15) is 13.3 Å². The Kier molecular flexibility index (Phi) is 3.61. The first-order valence-electron chi connectivity index (χ1n) is 4.90. The lowest BCUT2D eigenvalue weighted by atomic mass is 9.71. The summed E-state index contributed by atoms with van der Waals surface area (Å²) in [6, 6.07) is 0. The Hall–Kier alpha value is -0.930. The van der Waals surface area contributed by atoms with E-state index in [1.807, 2.05) is 31.2 Å². The summed E-state index contributed by atoms with van der Waals surface area (Å²) in [5.41, 5.74) is 5.05. The molecule has 1 rings (SSSR count). The molecule has 2 unspecified atom stereocenters. The number of aliphatic hydroxyl groups is 1. The molecule has 0 saturated carbocycles. The Bertz CT molecular complexity index is 264. The molecule has 0 saturated heterocycles. The van der Waals surface area contributed by atoms with E-state index in [0.717, 1.165) is 0 Å². The van der Waals surface area contributed by atoms with Gasteiger partial charge in [0, 0.05) is 24.3 Å². The topological polar surface area (TPSA) is 63.3 Å². The Morgan fingerprint density at radius 3 is 2.79 bits per heavy atom. The Labute approximate surface area is 84.3 Å². The van der Waals surface area contributed by atoms with Crippen molar-refractivity contribution in [2.45, 2.75) is 13.3 Å². The van der Waals surface area contributed by atoms with Gasteiger partial charge in [0.05, 0.1) is 6.61 Å². The predicted molar refractivity (Wildman–Crippen MR) is 55.6 cm³/mol. The highest BCUT2D eigenvalue weighted by molar-refractivity contribution is 5.84. The third-order valence-electron chi connectivity index (χ3n) is 2.83. The summed E-state index contributed by atoms with van der Waals surface area (Å²) in [7, 11) is 0. The zero-order valence-electron chi connectivity index (χ0n) is 8.44. The molecule has 0 bridgehead atoms. The first-order chi connectivity index (χ1) is 6.70. The molecule has 3 heteroatoms. The molecular formula is C11H17NO2. The van der Waals surface area contributed by atoms with Gasteiger partial charge in [-0.2, -0.15) is 0 Å². The molecule has 0 spiro atoms. The minimum atomic E-state index is -0.582. The Morgan fingerprint density at radius 1 is 1.57 bits per heavy atom. The molecule has 0 heterocycles. The van der Waals surface area contributed by atoms with Gasteiger partial charge in [0.25, 0.3) is 0 Å².